The summed E-state index contributed by atoms with van der Waals surface area (Å²) in [5.74, 6) is 0. The summed E-state index contributed by atoms with van der Waals surface area (Å²) in [4.78, 5) is 14.0. The van der Waals surface area contributed by atoms with E-state index in [0.717, 1.165) is 51.4 Å². The minimum Gasteiger partial charge on any atom is -0.388 e. The van der Waals surface area contributed by atoms with Crippen molar-refractivity contribution >= 4 is 11.0 Å². The fourth-order valence-corrected chi connectivity index (χ4v) is 7.42. The highest BCUT2D eigenvalue weighted by molar-refractivity contribution is 5.76. The molecule has 2 fully saturated rings. The highest BCUT2D eigenvalue weighted by Crippen LogP contribution is 2.27. The van der Waals surface area contributed by atoms with Crippen LogP contribution in [0.15, 0.2) is 29.1 Å². The van der Waals surface area contributed by atoms with Gasteiger partial charge in [0, 0.05) is 13.2 Å². The van der Waals surface area contributed by atoms with Gasteiger partial charge in [-0.15, -0.1) is 0 Å². The van der Waals surface area contributed by atoms with E-state index in [9.17, 15) is 35.4 Å². The maximum Gasteiger partial charge on any atom is 0.329 e. The van der Waals surface area contributed by atoms with Gasteiger partial charge < -0.3 is 49.6 Å². The molecule has 0 bridgehead atoms. The van der Waals surface area contributed by atoms with Crippen LogP contribution in [0, 0.1) is 0 Å². The molecule has 4 rings (SSSR count). The number of hydrogen-bond acceptors (Lipinski definition) is 11. The number of hydrogen-bond donors (Lipinski definition) is 6. The molecule has 0 saturated carbocycles. The molecule has 2 aliphatic rings. The third kappa shape index (κ3) is 11.8. The van der Waals surface area contributed by atoms with Crippen LogP contribution in [0.2, 0.25) is 0 Å². The maximum atomic E-state index is 14.0. The molecule has 2 aliphatic heterocycles. The highest BCUT2D eigenvalue weighted by atomic mass is 16.7. The Labute approximate surface area is 308 Å². The Kier molecular flexibility index (Phi) is 18.5. The first-order chi connectivity index (χ1) is 25.2. The Hall–Kier alpha value is -1.91. The second-order valence-corrected chi connectivity index (χ2v) is 14.7. The average molecular weight is 739 g/mol. The molecular formula is C39H66N2O11. The quantitative estimate of drug-likeness (QED) is 0.0863. The van der Waals surface area contributed by atoms with Crippen molar-refractivity contribution in [1.29, 1.82) is 0 Å². The molecule has 0 unspecified atom stereocenters. The van der Waals surface area contributed by atoms with Crippen LogP contribution in [0.4, 0.5) is 0 Å². The van der Waals surface area contributed by atoms with E-state index in [1.807, 2.05) is 0 Å². The van der Waals surface area contributed by atoms with Gasteiger partial charge in [-0.3, -0.25) is 9.13 Å². The Balaban J connectivity index is 1.37. The van der Waals surface area contributed by atoms with E-state index < -0.39 is 67.1 Å². The molecule has 1 aromatic carbocycles. The molecule has 52 heavy (non-hydrogen) atoms. The van der Waals surface area contributed by atoms with Crippen molar-refractivity contribution in [2.24, 2.45) is 0 Å². The van der Waals surface area contributed by atoms with Gasteiger partial charge in [-0.05, 0) is 25.0 Å². The topological polar surface area (TPSA) is 185 Å². The number of para-hydroxylation sites is 2. The Morgan fingerprint density at radius 1 is 0.538 bits per heavy atom. The molecule has 0 aliphatic carbocycles. The fourth-order valence-electron chi connectivity index (χ4n) is 7.42. The summed E-state index contributed by atoms with van der Waals surface area (Å²) in [5, 5.41) is 64.8. The van der Waals surface area contributed by atoms with Gasteiger partial charge in [0.2, 0.25) is 0 Å². The summed E-state index contributed by atoms with van der Waals surface area (Å²) in [5.41, 5.74) is 0.518. The maximum absolute atomic E-state index is 14.0. The molecular weight excluding hydrogens is 672 g/mol. The smallest absolute Gasteiger partial charge is 0.329 e. The van der Waals surface area contributed by atoms with Gasteiger partial charge >= 0.3 is 5.69 Å². The lowest BCUT2D eigenvalue weighted by molar-refractivity contribution is -0.292. The summed E-state index contributed by atoms with van der Waals surface area (Å²) in [6.07, 6.45) is 4.53. The molecule has 10 atom stereocenters. The first-order valence-electron chi connectivity index (χ1n) is 20.0. The third-order valence-corrected chi connectivity index (χ3v) is 10.6. The van der Waals surface area contributed by atoms with Gasteiger partial charge in [-0.25, -0.2) is 4.79 Å². The number of aromatic nitrogens is 2. The van der Waals surface area contributed by atoms with Crippen LogP contribution in [0.25, 0.3) is 11.0 Å². The van der Waals surface area contributed by atoms with Crippen LogP contribution in [-0.2, 0) is 32.0 Å². The molecule has 3 heterocycles. The van der Waals surface area contributed by atoms with E-state index in [1.165, 1.54) is 60.5 Å². The van der Waals surface area contributed by atoms with E-state index >= 15 is 0 Å². The van der Waals surface area contributed by atoms with Crippen LogP contribution < -0.4 is 5.69 Å². The van der Waals surface area contributed by atoms with Crippen LogP contribution in [-0.4, -0.2) is 114 Å². The second-order valence-electron chi connectivity index (χ2n) is 14.7. The zero-order valence-corrected chi connectivity index (χ0v) is 31.3. The monoisotopic (exact) mass is 738 g/mol. The predicted molar refractivity (Wildman–Crippen MR) is 197 cm³/mol. The van der Waals surface area contributed by atoms with E-state index in [4.69, 9.17) is 18.9 Å². The molecule has 2 saturated heterocycles. The fraction of sp³-hybridized carbons (Fsp3) is 0.821. The summed E-state index contributed by atoms with van der Waals surface area (Å²) in [6.45, 7) is 4.68. The summed E-state index contributed by atoms with van der Waals surface area (Å²) >= 11 is 0. The van der Waals surface area contributed by atoms with Crippen molar-refractivity contribution in [1.82, 2.24) is 9.13 Å². The molecule has 13 nitrogen and oxygen atoms in total. The van der Waals surface area contributed by atoms with Crippen LogP contribution in [0.1, 0.15) is 117 Å². The molecule has 298 valence electrons. The lowest BCUT2D eigenvalue weighted by Gasteiger charge is -2.40. The van der Waals surface area contributed by atoms with E-state index in [-0.39, 0.29) is 13.1 Å². The van der Waals surface area contributed by atoms with Crippen LogP contribution in [0.3, 0.4) is 0 Å². The van der Waals surface area contributed by atoms with Crippen molar-refractivity contribution in [3.8, 4) is 0 Å². The van der Waals surface area contributed by atoms with E-state index in [0.29, 0.717) is 24.2 Å². The number of nitrogens with zero attached hydrogens (tertiary/aromatic N) is 2. The number of imidazole rings is 1. The Morgan fingerprint density at radius 2 is 0.885 bits per heavy atom. The van der Waals surface area contributed by atoms with Crippen molar-refractivity contribution in [3.05, 3.63) is 34.7 Å². The zero-order chi connectivity index (χ0) is 37.5. The first-order valence-corrected chi connectivity index (χ1v) is 20.0. The third-order valence-electron chi connectivity index (χ3n) is 10.6. The van der Waals surface area contributed by atoms with Crippen molar-refractivity contribution in [3.63, 3.8) is 0 Å². The Morgan fingerprint density at radius 3 is 1.25 bits per heavy atom. The number of benzene rings is 1. The molecule has 13 heteroatoms. The van der Waals surface area contributed by atoms with Gasteiger partial charge in [-0.2, -0.15) is 0 Å². The summed E-state index contributed by atoms with van der Waals surface area (Å²) < 4.78 is 25.8. The minimum atomic E-state index is -1.62. The van der Waals surface area contributed by atoms with Crippen molar-refractivity contribution < 1.29 is 49.6 Å². The molecule has 1 aromatic heterocycles. The Bertz CT molecular complexity index is 1240. The molecule has 0 radical (unpaired) electrons. The number of fused-ring (bicyclic) bond motifs is 1. The van der Waals surface area contributed by atoms with Gasteiger partial charge in [0.05, 0.1) is 24.1 Å². The molecule has 2 aromatic rings. The SMILES string of the molecule is CCCCCCCCCCO[C@@H]1[C@@H](O)[C@H](O)O[C@H](Cn2c(=O)n(C[C@H]3O[C@@H](O)[C@H](O)[C@@H](OCCCCCCCCCC)[C@@H]3O)c3ccccc32)[C@H]1O. The number of aliphatic hydroxyl groups excluding tert-OH is 6. The van der Waals surface area contributed by atoms with Gasteiger partial charge in [0.1, 0.15) is 48.8 Å². The molecule has 0 amide bonds. The second kappa shape index (κ2) is 22.5. The average Bonchev–Trinajstić information content (AvgIpc) is 3.39. The number of ether oxygens (including phenoxy) is 4. The minimum absolute atomic E-state index is 0.158. The number of unbranched alkanes of at least 4 members (excludes halogenated alkanes) is 14. The van der Waals surface area contributed by atoms with Crippen LogP contribution >= 0.6 is 0 Å². The van der Waals surface area contributed by atoms with Crippen LogP contribution in [0.5, 0.6) is 0 Å². The number of rotatable bonds is 24. The van der Waals surface area contributed by atoms with Crippen molar-refractivity contribution in [2.45, 2.75) is 191 Å². The standard InChI is InChI=1S/C39H66N2O11/c1-3-5-7-9-11-13-15-19-23-49-35-31(42)29(51-37(46)33(35)44)25-40-27-21-17-18-22-28(27)41(39(40)48)26-30-32(43)36(34(45)38(47)52-30)50-24-20-16-14-12-10-8-6-4-2/h17-18,21-22,29-38,42-47H,3-16,19-20,23-26H2,1-2H3/t29-,30-,31-,32-,33-,34-,35+,36+,37-,38-/m1/s1. The number of aliphatic hydroxyl groups is 6. The molecule has 0 spiro atoms. The predicted octanol–water partition coefficient (Wildman–Crippen LogP) is 3.73. The van der Waals surface area contributed by atoms with E-state index in [2.05, 4.69) is 13.8 Å². The summed E-state index contributed by atoms with van der Waals surface area (Å²) in [7, 11) is 0. The zero-order valence-electron chi connectivity index (χ0n) is 31.3. The van der Waals surface area contributed by atoms with E-state index in [1.54, 1.807) is 24.3 Å². The van der Waals surface area contributed by atoms with Crippen molar-refractivity contribution in [2.75, 3.05) is 13.2 Å². The highest BCUT2D eigenvalue weighted by Gasteiger charge is 2.46. The molecule has 6 N–H and O–H groups in total. The van der Waals surface area contributed by atoms with Gasteiger partial charge in [0.25, 0.3) is 0 Å². The normalized spacial score (nSPS) is 29.6. The lowest BCUT2D eigenvalue weighted by atomic mass is 9.98. The lowest BCUT2D eigenvalue weighted by Crippen LogP contribution is -2.60. The van der Waals surface area contributed by atoms with Gasteiger partial charge in [0.15, 0.2) is 12.6 Å². The first kappa shape index (κ1) is 42.8. The summed E-state index contributed by atoms with van der Waals surface area (Å²) in [6, 6.07) is 6.99. The van der Waals surface area contributed by atoms with Gasteiger partial charge in [-0.1, -0.05) is 116 Å². The largest absolute Gasteiger partial charge is 0.388 e.